The van der Waals surface area contributed by atoms with Crippen LogP contribution in [0.2, 0.25) is 0 Å². The molecule has 0 saturated heterocycles. The van der Waals surface area contributed by atoms with Crippen LogP contribution in [0.1, 0.15) is 21.6 Å². The Bertz CT molecular complexity index is 1210. The number of fused-ring (bicyclic) bond motifs is 2. The zero-order chi connectivity index (χ0) is 19.7. The van der Waals surface area contributed by atoms with Gasteiger partial charge in [-0.05, 0) is 39.2 Å². The van der Waals surface area contributed by atoms with Gasteiger partial charge in [-0.15, -0.1) is 9.24 Å². The molecular weight excluding hydrogens is 369 g/mol. The Kier molecular flexibility index (Phi) is 4.81. The number of carboxylic acids is 1. The molecule has 0 aromatic heterocycles. The molecule has 0 heterocycles. The third kappa shape index (κ3) is 3.35. The van der Waals surface area contributed by atoms with E-state index in [0.29, 0.717) is 5.69 Å². The fourth-order valence-electron chi connectivity index (χ4n) is 3.39. The highest BCUT2D eigenvalue weighted by molar-refractivity contribution is 7.19. The molecule has 0 bridgehead atoms. The van der Waals surface area contributed by atoms with Gasteiger partial charge in [0.15, 0.2) is 0 Å². The van der Waals surface area contributed by atoms with Gasteiger partial charge < -0.3 is 10.4 Å². The summed E-state index contributed by atoms with van der Waals surface area (Å²) in [4.78, 5) is 24.6. The monoisotopic (exact) mass is 387 g/mol. The van der Waals surface area contributed by atoms with E-state index in [1.165, 1.54) is 0 Å². The fraction of sp³-hybridized carbons (Fsp3) is 0.0435. The smallest absolute Gasteiger partial charge is 0.337 e. The summed E-state index contributed by atoms with van der Waals surface area (Å²) in [5.74, 6) is -1.36. The number of aromatic carboxylic acids is 1. The molecule has 2 atom stereocenters. The zero-order valence-electron chi connectivity index (χ0n) is 14.9. The zero-order valence-corrected chi connectivity index (χ0v) is 16.1. The van der Waals surface area contributed by atoms with Crippen molar-refractivity contribution in [3.05, 3.63) is 90.0 Å². The normalized spacial score (nSPS) is 12.0. The lowest BCUT2D eigenvalue weighted by atomic mass is 10.0. The third-order valence-electron chi connectivity index (χ3n) is 4.82. The summed E-state index contributed by atoms with van der Waals surface area (Å²) < 4.78 is 0. The lowest BCUT2D eigenvalue weighted by molar-refractivity contribution is -0.115. The number of hydrogen-bond acceptors (Lipinski definition) is 2. The topological polar surface area (TPSA) is 66.4 Å². The minimum absolute atomic E-state index is 0.0715. The van der Waals surface area contributed by atoms with Gasteiger partial charge in [0.2, 0.25) is 5.91 Å². The summed E-state index contributed by atoms with van der Waals surface area (Å²) in [7, 11) is 2.57. The van der Waals surface area contributed by atoms with Gasteiger partial charge in [-0.3, -0.25) is 4.79 Å². The van der Waals surface area contributed by atoms with Gasteiger partial charge in [0.1, 0.15) is 0 Å². The van der Waals surface area contributed by atoms with E-state index in [9.17, 15) is 14.7 Å². The first-order valence-electron chi connectivity index (χ1n) is 8.85. The molecule has 28 heavy (non-hydrogen) atoms. The number of nitrogens with one attached hydrogen (secondary N) is 1. The van der Waals surface area contributed by atoms with Crippen molar-refractivity contribution >= 4 is 48.3 Å². The van der Waals surface area contributed by atoms with E-state index < -0.39 is 11.6 Å². The molecule has 0 saturated carbocycles. The molecule has 0 aliphatic carbocycles. The highest BCUT2D eigenvalue weighted by Gasteiger charge is 2.20. The Morgan fingerprint density at radius 3 is 2.14 bits per heavy atom. The molecule has 2 N–H and O–H groups in total. The van der Waals surface area contributed by atoms with Crippen LogP contribution < -0.4 is 5.32 Å². The lowest BCUT2D eigenvalue weighted by Crippen LogP contribution is -2.19. The lowest BCUT2D eigenvalue weighted by Gasteiger charge is -2.16. The fourth-order valence-corrected chi connectivity index (χ4v) is 3.77. The molecule has 0 fully saturated rings. The number of hydrogen-bond donors (Lipinski definition) is 2. The first kappa shape index (κ1) is 18.1. The van der Waals surface area contributed by atoms with Gasteiger partial charge in [0, 0.05) is 0 Å². The Balaban J connectivity index is 1.71. The molecule has 4 nitrogen and oxygen atoms in total. The second-order valence-corrected chi connectivity index (χ2v) is 7.25. The Morgan fingerprint density at radius 2 is 1.43 bits per heavy atom. The molecule has 5 heteroatoms. The second-order valence-electron chi connectivity index (χ2n) is 6.59. The number of carbonyl (C=O) groups is 2. The quantitative estimate of drug-likeness (QED) is 0.470. The van der Waals surface area contributed by atoms with Crippen LogP contribution in [0.15, 0.2) is 78.9 Å². The molecule has 4 aromatic carbocycles. The molecule has 138 valence electrons. The van der Waals surface area contributed by atoms with Crippen molar-refractivity contribution in [2.75, 3.05) is 5.32 Å². The van der Waals surface area contributed by atoms with E-state index in [1.807, 2.05) is 66.7 Å². The van der Waals surface area contributed by atoms with Gasteiger partial charge >= 0.3 is 5.97 Å². The SMILES string of the molecule is O=C(O)c1cc2ccccc2cc1NC(=O)C(P)c1cccc2ccccc12. The van der Waals surface area contributed by atoms with Crippen molar-refractivity contribution < 1.29 is 14.7 Å². The van der Waals surface area contributed by atoms with E-state index in [-0.39, 0.29) is 11.5 Å². The van der Waals surface area contributed by atoms with Gasteiger partial charge in [-0.25, -0.2) is 4.79 Å². The van der Waals surface area contributed by atoms with Crippen LogP contribution in [0.4, 0.5) is 5.69 Å². The van der Waals surface area contributed by atoms with Gasteiger partial charge in [0.25, 0.3) is 0 Å². The van der Waals surface area contributed by atoms with E-state index in [0.717, 1.165) is 27.1 Å². The van der Waals surface area contributed by atoms with E-state index in [1.54, 1.807) is 12.1 Å². The highest BCUT2D eigenvalue weighted by Crippen LogP contribution is 2.32. The van der Waals surface area contributed by atoms with Crippen molar-refractivity contribution in [2.45, 2.75) is 5.66 Å². The van der Waals surface area contributed by atoms with E-state index in [2.05, 4.69) is 14.6 Å². The summed E-state index contributed by atoms with van der Waals surface area (Å²) in [6, 6.07) is 24.5. The average Bonchev–Trinajstić information content (AvgIpc) is 2.72. The molecule has 4 rings (SSSR count). The number of amides is 1. The maximum absolute atomic E-state index is 12.9. The molecule has 2 unspecified atom stereocenters. The van der Waals surface area contributed by atoms with Crippen LogP contribution >= 0.6 is 9.24 Å². The Hall–Kier alpha value is -3.23. The Labute approximate surface area is 164 Å². The minimum Gasteiger partial charge on any atom is -0.478 e. The number of carbonyl (C=O) groups excluding carboxylic acids is 1. The average molecular weight is 387 g/mol. The van der Waals surface area contributed by atoms with E-state index >= 15 is 0 Å². The van der Waals surface area contributed by atoms with Crippen molar-refractivity contribution in [1.82, 2.24) is 0 Å². The summed E-state index contributed by atoms with van der Waals surface area (Å²) in [5.41, 5.74) is 0.725. The minimum atomic E-state index is -1.08. The van der Waals surface area contributed by atoms with Gasteiger partial charge in [-0.2, -0.15) is 0 Å². The van der Waals surface area contributed by atoms with Gasteiger partial charge in [0.05, 0.1) is 16.9 Å². The maximum atomic E-state index is 12.9. The molecular formula is C23H18NO3P. The molecule has 0 spiro atoms. The van der Waals surface area contributed by atoms with Crippen LogP contribution in [0.25, 0.3) is 21.5 Å². The van der Waals surface area contributed by atoms with E-state index in [4.69, 9.17) is 0 Å². The largest absolute Gasteiger partial charge is 0.478 e. The predicted molar refractivity (Wildman–Crippen MR) is 116 cm³/mol. The Morgan fingerprint density at radius 1 is 0.821 bits per heavy atom. The first-order chi connectivity index (χ1) is 13.5. The third-order valence-corrected chi connectivity index (χ3v) is 5.48. The number of anilines is 1. The summed E-state index contributed by atoms with van der Waals surface area (Å²) >= 11 is 0. The molecule has 1 amide bonds. The number of carboxylic acid groups (broad SMARTS) is 1. The van der Waals surface area contributed by atoms with Crippen LogP contribution in [0.5, 0.6) is 0 Å². The second kappa shape index (κ2) is 7.41. The van der Waals surface area contributed by atoms with Crippen LogP contribution in [0, 0.1) is 0 Å². The number of rotatable bonds is 4. The van der Waals surface area contributed by atoms with Gasteiger partial charge in [-0.1, -0.05) is 66.7 Å². The summed E-state index contributed by atoms with van der Waals surface area (Å²) in [6.45, 7) is 0. The number of benzene rings is 4. The first-order valence-corrected chi connectivity index (χ1v) is 9.51. The predicted octanol–water partition coefficient (Wildman–Crippen LogP) is 5.25. The molecule has 4 aromatic rings. The van der Waals surface area contributed by atoms with Crippen LogP contribution in [0.3, 0.4) is 0 Å². The standard InChI is InChI=1S/C23H18NO3P/c25-22(21(28)18-11-5-9-14-6-3-4-10-17(14)18)24-20-13-16-8-2-1-7-15(16)12-19(20)23(26)27/h1-13,21H,28H2,(H,24,25)(H,26,27). The van der Waals surface area contributed by atoms with Crippen molar-refractivity contribution in [2.24, 2.45) is 0 Å². The summed E-state index contributed by atoms with van der Waals surface area (Å²) in [6.07, 6.45) is 0. The van der Waals surface area contributed by atoms with Crippen molar-refractivity contribution in [3.8, 4) is 0 Å². The molecule has 0 aliphatic heterocycles. The van der Waals surface area contributed by atoms with Crippen molar-refractivity contribution in [3.63, 3.8) is 0 Å². The maximum Gasteiger partial charge on any atom is 0.337 e. The summed E-state index contributed by atoms with van der Waals surface area (Å²) in [5, 5.41) is 16.1. The molecule has 0 aliphatic rings. The molecule has 0 radical (unpaired) electrons. The highest BCUT2D eigenvalue weighted by atomic mass is 31.0. The van der Waals surface area contributed by atoms with Crippen LogP contribution in [-0.4, -0.2) is 17.0 Å². The van der Waals surface area contributed by atoms with Crippen LogP contribution in [-0.2, 0) is 4.79 Å². The van der Waals surface area contributed by atoms with Crippen molar-refractivity contribution in [1.29, 1.82) is 0 Å².